The standard InChI is InChI=1S/C15H27N3O/c1-4-5-13-6-8-18(9-7-13)15-17-14(11-19-15)10-16-12(2)3/h11-13,16H,4-10H2,1-3H3. The smallest absolute Gasteiger partial charge is 0.297 e. The predicted octanol–water partition coefficient (Wildman–Crippen LogP) is 3.19. The van der Waals surface area contributed by atoms with Gasteiger partial charge in [0.25, 0.3) is 6.01 Å². The zero-order valence-electron chi connectivity index (χ0n) is 12.5. The fourth-order valence-electron chi connectivity index (χ4n) is 2.65. The molecule has 108 valence electrons. The van der Waals surface area contributed by atoms with Crippen molar-refractivity contribution in [2.45, 2.75) is 59.0 Å². The van der Waals surface area contributed by atoms with Gasteiger partial charge in [-0.25, -0.2) is 0 Å². The van der Waals surface area contributed by atoms with Gasteiger partial charge in [0, 0.05) is 25.7 Å². The average Bonchev–Trinajstić information content (AvgIpc) is 2.86. The number of oxazole rings is 1. The Bertz CT molecular complexity index is 367. The molecular weight excluding hydrogens is 238 g/mol. The quantitative estimate of drug-likeness (QED) is 0.857. The molecule has 0 radical (unpaired) electrons. The van der Waals surface area contributed by atoms with Gasteiger partial charge in [0.15, 0.2) is 0 Å². The van der Waals surface area contributed by atoms with E-state index in [1.54, 1.807) is 6.26 Å². The highest BCUT2D eigenvalue weighted by Gasteiger charge is 2.21. The first-order valence-electron chi connectivity index (χ1n) is 7.61. The fourth-order valence-corrected chi connectivity index (χ4v) is 2.65. The summed E-state index contributed by atoms with van der Waals surface area (Å²) in [7, 11) is 0. The van der Waals surface area contributed by atoms with Gasteiger partial charge in [-0.1, -0.05) is 33.6 Å². The molecule has 0 aliphatic carbocycles. The molecule has 1 aliphatic heterocycles. The molecule has 1 fully saturated rings. The molecule has 0 bridgehead atoms. The van der Waals surface area contributed by atoms with Crippen LogP contribution in [0.5, 0.6) is 0 Å². The predicted molar refractivity (Wildman–Crippen MR) is 78.3 cm³/mol. The second-order valence-electron chi connectivity index (χ2n) is 5.88. The van der Waals surface area contributed by atoms with Crippen LogP contribution in [0.3, 0.4) is 0 Å². The molecule has 1 saturated heterocycles. The minimum atomic E-state index is 0.477. The topological polar surface area (TPSA) is 41.3 Å². The third kappa shape index (κ3) is 4.23. The van der Waals surface area contributed by atoms with E-state index in [1.807, 2.05) is 0 Å². The number of hydrogen-bond donors (Lipinski definition) is 1. The molecule has 19 heavy (non-hydrogen) atoms. The normalized spacial score (nSPS) is 17.4. The lowest BCUT2D eigenvalue weighted by atomic mass is 9.93. The zero-order chi connectivity index (χ0) is 13.7. The van der Waals surface area contributed by atoms with Gasteiger partial charge in [0.2, 0.25) is 0 Å². The highest BCUT2D eigenvalue weighted by molar-refractivity contribution is 5.27. The maximum absolute atomic E-state index is 5.61. The number of hydrogen-bond acceptors (Lipinski definition) is 4. The summed E-state index contributed by atoms with van der Waals surface area (Å²) in [5.74, 6) is 0.901. The van der Waals surface area contributed by atoms with Crippen molar-refractivity contribution in [1.82, 2.24) is 10.3 Å². The van der Waals surface area contributed by atoms with Gasteiger partial charge in [0.05, 0.1) is 5.69 Å². The number of nitrogens with one attached hydrogen (secondary N) is 1. The molecule has 0 unspecified atom stereocenters. The lowest BCUT2D eigenvalue weighted by molar-refractivity contribution is 0.365. The van der Waals surface area contributed by atoms with Crippen molar-refractivity contribution in [2.24, 2.45) is 5.92 Å². The van der Waals surface area contributed by atoms with E-state index in [9.17, 15) is 0 Å². The summed E-state index contributed by atoms with van der Waals surface area (Å²) in [6, 6.07) is 1.28. The van der Waals surface area contributed by atoms with Crippen LogP contribution in [0.1, 0.15) is 52.1 Å². The monoisotopic (exact) mass is 265 g/mol. The van der Waals surface area contributed by atoms with E-state index >= 15 is 0 Å². The Hall–Kier alpha value is -1.03. The van der Waals surface area contributed by atoms with Crippen molar-refractivity contribution < 1.29 is 4.42 Å². The molecular formula is C15H27N3O. The first-order valence-corrected chi connectivity index (χ1v) is 7.61. The molecule has 4 heteroatoms. The molecule has 1 N–H and O–H groups in total. The molecule has 1 aliphatic rings. The Morgan fingerprint density at radius 3 is 2.79 bits per heavy atom. The highest BCUT2D eigenvalue weighted by atomic mass is 16.4. The van der Waals surface area contributed by atoms with Crippen LogP contribution in [-0.2, 0) is 6.54 Å². The van der Waals surface area contributed by atoms with Crippen molar-refractivity contribution in [3.63, 3.8) is 0 Å². The minimum absolute atomic E-state index is 0.477. The molecule has 0 saturated carbocycles. The largest absolute Gasteiger partial charge is 0.432 e. The van der Waals surface area contributed by atoms with Gasteiger partial charge in [-0.05, 0) is 18.8 Å². The van der Waals surface area contributed by atoms with Crippen molar-refractivity contribution in [1.29, 1.82) is 0 Å². The van der Waals surface area contributed by atoms with E-state index in [4.69, 9.17) is 4.42 Å². The number of piperidine rings is 1. The first kappa shape index (κ1) is 14.4. The molecule has 0 aromatic carbocycles. The Kier molecular flexibility index (Phi) is 5.25. The number of aromatic nitrogens is 1. The molecule has 1 aromatic rings. The van der Waals surface area contributed by atoms with Crippen molar-refractivity contribution in [3.8, 4) is 0 Å². The summed E-state index contributed by atoms with van der Waals surface area (Å²) in [5, 5.41) is 3.36. The third-order valence-corrected chi connectivity index (χ3v) is 3.81. The Morgan fingerprint density at radius 1 is 1.42 bits per heavy atom. The van der Waals surface area contributed by atoms with Crippen molar-refractivity contribution in [3.05, 3.63) is 12.0 Å². The molecule has 1 aromatic heterocycles. The van der Waals surface area contributed by atoms with Crippen molar-refractivity contribution in [2.75, 3.05) is 18.0 Å². The molecule has 2 rings (SSSR count). The summed E-state index contributed by atoms with van der Waals surface area (Å²) < 4.78 is 5.61. The van der Waals surface area contributed by atoms with E-state index in [1.165, 1.54) is 25.7 Å². The summed E-state index contributed by atoms with van der Waals surface area (Å²) in [4.78, 5) is 6.86. The third-order valence-electron chi connectivity index (χ3n) is 3.81. The van der Waals surface area contributed by atoms with E-state index in [-0.39, 0.29) is 0 Å². The van der Waals surface area contributed by atoms with E-state index < -0.39 is 0 Å². The van der Waals surface area contributed by atoms with Crippen LogP contribution in [0.4, 0.5) is 6.01 Å². The van der Waals surface area contributed by atoms with Gasteiger partial charge in [-0.2, -0.15) is 4.98 Å². The highest BCUT2D eigenvalue weighted by Crippen LogP contribution is 2.25. The van der Waals surface area contributed by atoms with E-state index in [0.717, 1.165) is 37.3 Å². The van der Waals surface area contributed by atoms with Crippen LogP contribution in [-0.4, -0.2) is 24.1 Å². The Labute approximate surface area is 116 Å². The maximum atomic E-state index is 5.61. The molecule has 4 nitrogen and oxygen atoms in total. The van der Waals surface area contributed by atoms with Crippen LogP contribution in [0.15, 0.2) is 10.7 Å². The van der Waals surface area contributed by atoms with E-state index in [2.05, 4.69) is 36.0 Å². The second kappa shape index (κ2) is 6.94. The Balaban J connectivity index is 1.82. The molecule has 0 amide bonds. The van der Waals surface area contributed by atoms with Crippen LogP contribution >= 0.6 is 0 Å². The zero-order valence-corrected chi connectivity index (χ0v) is 12.5. The summed E-state index contributed by atoms with van der Waals surface area (Å²) in [6.07, 6.45) is 6.99. The molecule has 0 atom stereocenters. The fraction of sp³-hybridized carbons (Fsp3) is 0.800. The van der Waals surface area contributed by atoms with Crippen LogP contribution in [0.2, 0.25) is 0 Å². The van der Waals surface area contributed by atoms with Gasteiger partial charge in [-0.15, -0.1) is 0 Å². The number of rotatable bonds is 6. The lowest BCUT2D eigenvalue weighted by Crippen LogP contribution is -2.33. The lowest BCUT2D eigenvalue weighted by Gasteiger charge is -2.30. The first-order chi connectivity index (χ1) is 9.19. The molecule has 0 spiro atoms. The van der Waals surface area contributed by atoms with Crippen LogP contribution in [0.25, 0.3) is 0 Å². The van der Waals surface area contributed by atoms with Crippen molar-refractivity contribution >= 4 is 6.01 Å². The second-order valence-corrected chi connectivity index (χ2v) is 5.88. The molecule has 2 heterocycles. The number of nitrogens with zero attached hydrogens (tertiary/aromatic N) is 2. The SMILES string of the molecule is CCCC1CCN(c2nc(CNC(C)C)co2)CC1. The Morgan fingerprint density at radius 2 is 2.16 bits per heavy atom. The summed E-state index contributed by atoms with van der Waals surface area (Å²) in [6.45, 7) is 9.51. The summed E-state index contributed by atoms with van der Waals surface area (Å²) in [5.41, 5.74) is 0.999. The van der Waals surface area contributed by atoms with Gasteiger partial charge in [0.1, 0.15) is 6.26 Å². The average molecular weight is 265 g/mol. The van der Waals surface area contributed by atoms with Gasteiger partial charge < -0.3 is 14.6 Å². The summed E-state index contributed by atoms with van der Waals surface area (Å²) >= 11 is 0. The van der Waals surface area contributed by atoms with Gasteiger partial charge >= 0.3 is 0 Å². The van der Waals surface area contributed by atoms with Gasteiger partial charge in [-0.3, -0.25) is 0 Å². The van der Waals surface area contributed by atoms with Crippen LogP contribution in [0, 0.1) is 5.92 Å². The van der Waals surface area contributed by atoms with E-state index in [0.29, 0.717) is 6.04 Å². The van der Waals surface area contributed by atoms with Crippen LogP contribution < -0.4 is 10.2 Å². The maximum Gasteiger partial charge on any atom is 0.297 e. The number of anilines is 1. The minimum Gasteiger partial charge on any atom is -0.432 e.